The van der Waals surface area contributed by atoms with E-state index in [4.69, 9.17) is 27.9 Å². The maximum Gasteiger partial charge on any atom is 0.0645 e. The highest BCUT2D eigenvalue weighted by Gasteiger charge is 2.34. The van der Waals surface area contributed by atoms with Gasteiger partial charge in [0.05, 0.1) is 11.5 Å². The third kappa shape index (κ3) is 2.43. The first-order valence-corrected chi connectivity index (χ1v) is 7.96. The minimum atomic E-state index is -0.0235. The SMILES string of the molecule is CCC1OCCC1C(Cl)c1ccc(Cl)c2ccccc12. The number of rotatable bonds is 3. The number of hydrogen-bond acceptors (Lipinski definition) is 1. The van der Waals surface area contributed by atoms with Gasteiger partial charge in [-0.1, -0.05) is 48.9 Å². The van der Waals surface area contributed by atoms with Gasteiger partial charge in [0.1, 0.15) is 0 Å². The van der Waals surface area contributed by atoms with Crippen LogP contribution < -0.4 is 0 Å². The van der Waals surface area contributed by atoms with Gasteiger partial charge in [0.25, 0.3) is 0 Å². The second-order valence-electron chi connectivity index (χ2n) is 5.35. The molecule has 1 aliphatic heterocycles. The molecule has 0 amide bonds. The third-order valence-corrected chi connectivity index (χ3v) is 5.13. The highest BCUT2D eigenvalue weighted by Crippen LogP contribution is 2.42. The average Bonchev–Trinajstić information content (AvgIpc) is 2.96. The van der Waals surface area contributed by atoms with Crippen LogP contribution in [-0.4, -0.2) is 12.7 Å². The fourth-order valence-corrected chi connectivity index (χ4v) is 3.88. The number of ether oxygens (including phenoxy) is 1. The van der Waals surface area contributed by atoms with Gasteiger partial charge in [-0.05, 0) is 29.9 Å². The van der Waals surface area contributed by atoms with Crippen LogP contribution in [0, 0.1) is 5.92 Å². The zero-order valence-corrected chi connectivity index (χ0v) is 13.0. The number of benzene rings is 2. The van der Waals surface area contributed by atoms with E-state index in [1.165, 1.54) is 5.56 Å². The van der Waals surface area contributed by atoms with Gasteiger partial charge in [0.15, 0.2) is 0 Å². The van der Waals surface area contributed by atoms with E-state index in [1.54, 1.807) is 0 Å². The first-order chi connectivity index (χ1) is 9.72. The monoisotopic (exact) mass is 308 g/mol. The van der Waals surface area contributed by atoms with Gasteiger partial charge in [-0.25, -0.2) is 0 Å². The van der Waals surface area contributed by atoms with Crippen molar-refractivity contribution >= 4 is 34.0 Å². The van der Waals surface area contributed by atoms with Crippen LogP contribution in [0.1, 0.15) is 30.7 Å². The van der Waals surface area contributed by atoms with E-state index in [2.05, 4.69) is 19.1 Å². The lowest BCUT2D eigenvalue weighted by Crippen LogP contribution is -2.19. The summed E-state index contributed by atoms with van der Waals surface area (Å²) in [6, 6.07) is 12.2. The first-order valence-electron chi connectivity index (χ1n) is 7.15. The molecule has 1 saturated heterocycles. The lowest BCUT2D eigenvalue weighted by atomic mass is 9.89. The van der Waals surface area contributed by atoms with Crippen molar-refractivity contribution in [3.63, 3.8) is 0 Å². The summed E-state index contributed by atoms with van der Waals surface area (Å²) >= 11 is 13.1. The van der Waals surface area contributed by atoms with Crippen LogP contribution in [0.25, 0.3) is 10.8 Å². The minimum absolute atomic E-state index is 0.0235. The predicted octanol–water partition coefficient (Wildman–Crippen LogP) is 5.59. The molecule has 0 radical (unpaired) electrons. The zero-order chi connectivity index (χ0) is 14.1. The molecule has 3 unspecified atom stereocenters. The Bertz CT molecular complexity index is 611. The van der Waals surface area contributed by atoms with Crippen molar-refractivity contribution < 1.29 is 4.74 Å². The quantitative estimate of drug-likeness (QED) is 0.672. The Labute approximate surface area is 129 Å². The lowest BCUT2D eigenvalue weighted by molar-refractivity contribution is 0.0865. The molecule has 0 bridgehead atoms. The van der Waals surface area contributed by atoms with Gasteiger partial charge >= 0.3 is 0 Å². The zero-order valence-electron chi connectivity index (χ0n) is 11.5. The maximum absolute atomic E-state index is 6.79. The summed E-state index contributed by atoms with van der Waals surface area (Å²) < 4.78 is 5.78. The molecule has 1 heterocycles. The molecule has 1 aliphatic rings. The number of hydrogen-bond donors (Lipinski definition) is 0. The minimum Gasteiger partial charge on any atom is -0.378 e. The molecule has 0 saturated carbocycles. The van der Waals surface area contributed by atoms with Crippen LogP contribution in [0.4, 0.5) is 0 Å². The van der Waals surface area contributed by atoms with Crippen molar-refractivity contribution in [2.24, 2.45) is 5.92 Å². The van der Waals surface area contributed by atoms with Crippen molar-refractivity contribution in [3.8, 4) is 0 Å². The second kappa shape index (κ2) is 5.93. The van der Waals surface area contributed by atoms with Crippen LogP contribution in [0.2, 0.25) is 5.02 Å². The smallest absolute Gasteiger partial charge is 0.0645 e. The van der Waals surface area contributed by atoms with Gasteiger partial charge in [0.2, 0.25) is 0 Å². The molecule has 1 nitrogen and oxygen atoms in total. The molecule has 2 aromatic rings. The van der Waals surface area contributed by atoms with Gasteiger partial charge < -0.3 is 4.74 Å². The highest BCUT2D eigenvalue weighted by atomic mass is 35.5. The summed E-state index contributed by atoms with van der Waals surface area (Å²) in [5.74, 6) is 0.381. The number of alkyl halides is 1. The van der Waals surface area contributed by atoms with E-state index in [0.717, 1.165) is 35.2 Å². The summed E-state index contributed by atoms with van der Waals surface area (Å²) in [5, 5.41) is 2.98. The molecule has 3 rings (SSSR count). The fourth-order valence-electron chi connectivity index (χ4n) is 3.18. The van der Waals surface area contributed by atoms with Crippen molar-refractivity contribution in [1.82, 2.24) is 0 Å². The molecule has 3 atom stereocenters. The number of fused-ring (bicyclic) bond motifs is 1. The highest BCUT2D eigenvalue weighted by molar-refractivity contribution is 6.35. The molecule has 2 aromatic carbocycles. The standard InChI is InChI=1S/C17H18Cl2O/c1-2-16-14(9-10-20-16)17(19)13-7-8-15(18)12-6-4-3-5-11(12)13/h3-8,14,16-17H,2,9-10H2,1H3. The van der Waals surface area contributed by atoms with Crippen LogP contribution >= 0.6 is 23.2 Å². The largest absolute Gasteiger partial charge is 0.378 e. The summed E-state index contributed by atoms with van der Waals surface area (Å²) in [5.41, 5.74) is 1.17. The van der Waals surface area contributed by atoms with Crippen LogP contribution in [0.15, 0.2) is 36.4 Å². The molecule has 106 valence electrons. The Morgan fingerprint density at radius 2 is 1.95 bits per heavy atom. The van der Waals surface area contributed by atoms with Crippen molar-refractivity contribution in [3.05, 3.63) is 47.0 Å². The van der Waals surface area contributed by atoms with E-state index in [1.807, 2.05) is 24.3 Å². The maximum atomic E-state index is 6.79. The molecule has 0 spiro atoms. The molecular formula is C17H18Cl2O. The molecule has 0 aromatic heterocycles. The van der Waals surface area contributed by atoms with E-state index in [-0.39, 0.29) is 11.5 Å². The molecule has 0 aliphatic carbocycles. The van der Waals surface area contributed by atoms with Crippen molar-refractivity contribution in [2.45, 2.75) is 31.2 Å². The van der Waals surface area contributed by atoms with E-state index in [9.17, 15) is 0 Å². The Morgan fingerprint density at radius 3 is 2.70 bits per heavy atom. The van der Waals surface area contributed by atoms with Crippen LogP contribution in [0.3, 0.4) is 0 Å². The van der Waals surface area contributed by atoms with Gasteiger partial charge in [-0.15, -0.1) is 11.6 Å². The van der Waals surface area contributed by atoms with Crippen LogP contribution in [-0.2, 0) is 4.74 Å². The van der Waals surface area contributed by atoms with Gasteiger partial charge in [-0.3, -0.25) is 0 Å². The molecule has 20 heavy (non-hydrogen) atoms. The van der Waals surface area contributed by atoms with Crippen molar-refractivity contribution in [2.75, 3.05) is 6.61 Å². The Kier molecular flexibility index (Phi) is 4.21. The third-order valence-electron chi connectivity index (χ3n) is 4.24. The van der Waals surface area contributed by atoms with Crippen LogP contribution in [0.5, 0.6) is 0 Å². The second-order valence-corrected chi connectivity index (χ2v) is 6.23. The summed E-state index contributed by atoms with van der Waals surface area (Å²) in [6.07, 6.45) is 2.31. The summed E-state index contributed by atoms with van der Waals surface area (Å²) in [6.45, 7) is 2.98. The van der Waals surface area contributed by atoms with E-state index >= 15 is 0 Å². The van der Waals surface area contributed by atoms with E-state index < -0.39 is 0 Å². The molecule has 3 heteroatoms. The Morgan fingerprint density at radius 1 is 1.20 bits per heavy atom. The Balaban J connectivity index is 2.04. The fraction of sp³-hybridized carbons (Fsp3) is 0.412. The first kappa shape index (κ1) is 14.2. The summed E-state index contributed by atoms with van der Waals surface area (Å²) in [4.78, 5) is 0. The molecule has 0 N–H and O–H groups in total. The summed E-state index contributed by atoms with van der Waals surface area (Å²) in [7, 11) is 0. The predicted molar refractivity (Wildman–Crippen MR) is 85.7 cm³/mol. The molecular weight excluding hydrogens is 291 g/mol. The normalized spacial score (nSPS) is 24.1. The van der Waals surface area contributed by atoms with Gasteiger partial charge in [-0.2, -0.15) is 0 Å². The average molecular weight is 309 g/mol. The number of halogens is 2. The van der Waals surface area contributed by atoms with Crippen molar-refractivity contribution in [1.29, 1.82) is 0 Å². The lowest BCUT2D eigenvalue weighted by Gasteiger charge is -2.23. The topological polar surface area (TPSA) is 9.23 Å². The Hall–Kier alpha value is -0.760. The molecule has 1 fully saturated rings. The van der Waals surface area contributed by atoms with E-state index in [0.29, 0.717) is 5.92 Å². The van der Waals surface area contributed by atoms with Gasteiger partial charge in [0, 0.05) is 22.9 Å².